The summed E-state index contributed by atoms with van der Waals surface area (Å²) in [6.45, 7) is 4.12. The molecule has 1 atom stereocenters. The lowest BCUT2D eigenvalue weighted by Crippen LogP contribution is -2.30. The first-order valence-electron chi connectivity index (χ1n) is 6.52. The molecular formula is C16H19FN2S. The lowest BCUT2D eigenvalue weighted by atomic mass is 10.0. The van der Waals surface area contributed by atoms with Gasteiger partial charge in [-0.1, -0.05) is 35.9 Å². The van der Waals surface area contributed by atoms with Gasteiger partial charge >= 0.3 is 0 Å². The summed E-state index contributed by atoms with van der Waals surface area (Å²) in [5, 5.41) is 0. The van der Waals surface area contributed by atoms with E-state index < -0.39 is 0 Å². The zero-order valence-electron chi connectivity index (χ0n) is 11.7. The van der Waals surface area contributed by atoms with Crippen molar-refractivity contribution in [3.8, 4) is 0 Å². The average Bonchev–Trinajstić information content (AvgIpc) is 2.45. The van der Waals surface area contributed by atoms with Crippen LogP contribution in [-0.4, -0.2) is 5.75 Å². The van der Waals surface area contributed by atoms with Crippen molar-refractivity contribution in [3.05, 3.63) is 65.0 Å². The second-order valence-corrected chi connectivity index (χ2v) is 5.88. The Bertz CT molecular complexity index is 586. The maximum atomic E-state index is 13.6. The molecule has 0 aliphatic rings. The van der Waals surface area contributed by atoms with Crippen LogP contribution in [-0.2, 0) is 0 Å². The molecule has 106 valence electrons. The standard InChI is InChI=1S/C16H19FN2S/c1-11-7-8-12(2)13(9-11)15(19-18)10-20-16-6-4-3-5-14(16)17/h3-9,15,19H,10,18H2,1-2H3. The number of benzene rings is 2. The maximum absolute atomic E-state index is 13.6. The second-order valence-electron chi connectivity index (χ2n) is 4.82. The van der Waals surface area contributed by atoms with Crippen molar-refractivity contribution in [2.24, 2.45) is 5.84 Å². The molecule has 2 nitrogen and oxygen atoms in total. The van der Waals surface area contributed by atoms with E-state index in [0.29, 0.717) is 10.6 Å². The molecule has 0 aliphatic heterocycles. The van der Waals surface area contributed by atoms with Gasteiger partial charge in [-0.2, -0.15) is 0 Å². The van der Waals surface area contributed by atoms with E-state index in [1.165, 1.54) is 29.0 Å². The van der Waals surface area contributed by atoms with Gasteiger partial charge in [-0.3, -0.25) is 11.3 Å². The van der Waals surface area contributed by atoms with Crippen molar-refractivity contribution >= 4 is 11.8 Å². The topological polar surface area (TPSA) is 38.0 Å². The highest BCUT2D eigenvalue weighted by molar-refractivity contribution is 7.99. The van der Waals surface area contributed by atoms with Crippen molar-refractivity contribution in [1.29, 1.82) is 0 Å². The van der Waals surface area contributed by atoms with E-state index in [1.807, 2.05) is 6.07 Å². The zero-order valence-corrected chi connectivity index (χ0v) is 12.5. The molecule has 0 amide bonds. The van der Waals surface area contributed by atoms with Gasteiger partial charge in [-0.15, -0.1) is 11.8 Å². The lowest BCUT2D eigenvalue weighted by molar-refractivity contribution is 0.595. The van der Waals surface area contributed by atoms with E-state index in [1.54, 1.807) is 12.1 Å². The van der Waals surface area contributed by atoms with E-state index in [9.17, 15) is 4.39 Å². The van der Waals surface area contributed by atoms with E-state index in [0.717, 1.165) is 5.56 Å². The second kappa shape index (κ2) is 6.88. The number of hydrogen-bond acceptors (Lipinski definition) is 3. The van der Waals surface area contributed by atoms with Crippen LogP contribution in [0.25, 0.3) is 0 Å². The number of aryl methyl sites for hydroxylation is 2. The van der Waals surface area contributed by atoms with Crippen LogP contribution in [0.2, 0.25) is 0 Å². The summed E-state index contributed by atoms with van der Waals surface area (Å²) in [5.41, 5.74) is 6.38. The summed E-state index contributed by atoms with van der Waals surface area (Å²) in [5.74, 6) is 6.17. The van der Waals surface area contributed by atoms with Gasteiger partial charge < -0.3 is 0 Å². The van der Waals surface area contributed by atoms with Gasteiger partial charge in [-0.05, 0) is 37.1 Å². The van der Waals surface area contributed by atoms with Crippen molar-refractivity contribution < 1.29 is 4.39 Å². The largest absolute Gasteiger partial charge is 0.271 e. The minimum atomic E-state index is -0.186. The van der Waals surface area contributed by atoms with Gasteiger partial charge in [0.2, 0.25) is 0 Å². The Labute approximate surface area is 123 Å². The minimum absolute atomic E-state index is 0.000457. The van der Waals surface area contributed by atoms with Gasteiger partial charge in [0, 0.05) is 10.6 Å². The Hall–Kier alpha value is -1.36. The molecular weight excluding hydrogens is 271 g/mol. The first-order valence-corrected chi connectivity index (χ1v) is 7.51. The predicted molar refractivity (Wildman–Crippen MR) is 83.1 cm³/mol. The zero-order chi connectivity index (χ0) is 14.5. The summed E-state index contributed by atoms with van der Waals surface area (Å²) < 4.78 is 13.6. The molecule has 20 heavy (non-hydrogen) atoms. The van der Waals surface area contributed by atoms with Crippen LogP contribution in [0.5, 0.6) is 0 Å². The number of nitrogens with two attached hydrogens (primary N) is 1. The van der Waals surface area contributed by atoms with Gasteiger partial charge in [0.25, 0.3) is 0 Å². The molecule has 1 unspecified atom stereocenters. The number of halogens is 1. The number of thioether (sulfide) groups is 1. The Morgan fingerprint density at radius 3 is 2.65 bits per heavy atom. The Morgan fingerprint density at radius 1 is 1.20 bits per heavy atom. The van der Waals surface area contributed by atoms with Crippen LogP contribution in [0.3, 0.4) is 0 Å². The van der Waals surface area contributed by atoms with Crippen LogP contribution in [0, 0.1) is 19.7 Å². The van der Waals surface area contributed by atoms with E-state index in [2.05, 4.69) is 37.5 Å². The Morgan fingerprint density at radius 2 is 1.95 bits per heavy atom. The molecule has 0 aromatic heterocycles. The van der Waals surface area contributed by atoms with Crippen molar-refractivity contribution in [1.82, 2.24) is 5.43 Å². The van der Waals surface area contributed by atoms with Crippen LogP contribution >= 0.6 is 11.8 Å². The minimum Gasteiger partial charge on any atom is -0.271 e. The molecule has 4 heteroatoms. The van der Waals surface area contributed by atoms with E-state index >= 15 is 0 Å². The fourth-order valence-electron chi connectivity index (χ4n) is 2.10. The third-order valence-electron chi connectivity index (χ3n) is 3.25. The molecule has 0 bridgehead atoms. The molecule has 0 heterocycles. The quantitative estimate of drug-likeness (QED) is 0.500. The smallest absolute Gasteiger partial charge is 0.136 e. The number of nitrogens with one attached hydrogen (secondary N) is 1. The van der Waals surface area contributed by atoms with Gasteiger partial charge in [-0.25, -0.2) is 4.39 Å². The highest BCUT2D eigenvalue weighted by Gasteiger charge is 2.14. The third-order valence-corrected chi connectivity index (χ3v) is 4.40. The lowest BCUT2D eigenvalue weighted by Gasteiger charge is -2.19. The Kier molecular flexibility index (Phi) is 5.17. The molecule has 2 aromatic rings. The van der Waals surface area contributed by atoms with Crippen molar-refractivity contribution in [3.63, 3.8) is 0 Å². The summed E-state index contributed by atoms with van der Waals surface area (Å²) in [7, 11) is 0. The van der Waals surface area contributed by atoms with Crippen LogP contribution in [0.4, 0.5) is 4.39 Å². The summed E-state index contributed by atoms with van der Waals surface area (Å²) >= 11 is 1.47. The fraction of sp³-hybridized carbons (Fsp3) is 0.250. The number of rotatable bonds is 5. The third kappa shape index (κ3) is 3.60. The van der Waals surface area contributed by atoms with Crippen LogP contribution in [0.1, 0.15) is 22.7 Å². The monoisotopic (exact) mass is 290 g/mol. The first kappa shape index (κ1) is 15.0. The molecule has 0 radical (unpaired) electrons. The number of hydrogen-bond donors (Lipinski definition) is 2. The summed E-state index contributed by atoms with van der Waals surface area (Å²) in [6, 6.07) is 13.1. The fourth-order valence-corrected chi connectivity index (χ4v) is 3.10. The van der Waals surface area contributed by atoms with Crippen LogP contribution in [0.15, 0.2) is 47.4 Å². The van der Waals surface area contributed by atoms with E-state index in [-0.39, 0.29) is 11.9 Å². The average molecular weight is 290 g/mol. The summed E-state index contributed by atoms with van der Waals surface area (Å²) in [4.78, 5) is 0.651. The molecule has 0 spiro atoms. The molecule has 0 fully saturated rings. The SMILES string of the molecule is Cc1ccc(C)c(C(CSc2ccccc2F)NN)c1. The summed E-state index contributed by atoms with van der Waals surface area (Å²) in [6.07, 6.45) is 0. The molecule has 2 rings (SSSR count). The molecule has 2 aromatic carbocycles. The normalized spacial score (nSPS) is 12.4. The highest BCUT2D eigenvalue weighted by atomic mass is 32.2. The number of hydrazine groups is 1. The maximum Gasteiger partial charge on any atom is 0.136 e. The first-order chi connectivity index (χ1) is 9.61. The van der Waals surface area contributed by atoms with E-state index in [4.69, 9.17) is 5.84 Å². The molecule has 3 N–H and O–H groups in total. The molecule has 0 aliphatic carbocycles. The van der Waals surface area contributed by atoms with Crippen molar-refractivity contribution in [2.75, 3.05) is 5.75 Å². The Balaban J connectivity index is 2.13. The predicted octanol–water partition coefficient (Wildman–Crippen LogP) is 3.74. The van der Waals surface area contributed by atoms with Gasteiger partial charge in [0.1, 0.15) is 5.82 Å². The van der Waals surface area contributed by atoms with Crippen molar-refractivity contribution in [2.45, 2.75) is 24.8 Å². The van der Waals surface area contributed by atoms with Gasteiger partial charge in [0.05, 0.1) is 6.04 Å². The van der Waals surface area contributed by atoms with Gasteiger partial charge in [0.15, 0.2) is 0 Å². The van der Waals surface area contributed by atoms with Crippen LogP contribution < -0.4 is 11.3 Å². The molecule has 0 saturated carbocycles. The molecule has 0 saturated heterocycles. The highest BCUT2D eigenvalue weighted by Crippen LogP contribution is 2.28.